The number of nitrogens with one attached hydrogen (secondary N) is 1. The molecule has 1 heterocycles. The molecule has 0 spiro atoms. The monoisotopic (exact) mass is 360 g/mol. The molecule has 0 atom stereocenters. The molecule has 0 amide bonds. The van der Waals surface area contributed by atoms with Gasteiger partial charge in [0.15, 0.2) is 0 Å². The van der Waals surface area contributed by atoms with Crippen LogP contribution in [0.2, 0.25) is 0 Å². The molecule has 138 valence electrons. The van der Waals surface area contributed by atoms with Crippen molar-refractivity contribution < 1.29 is 29.3 Å². The first-order chi connectivity index (χ1) is 12.1. The van der Waals surface area contributed by atoms with Crippen LogP contribution in [0.4, 0.5) is 0 Å². The van der Waals surface area contributed by atoms with Crippen molar-refractivity contribution in [1.82, 2.24) is 10.2 Å². The van der Waals surface area contributed by atoms with E-state index in [1.807, 2.05) is 6.92 Å². The number of allylic oxidation sites excluding steroid dienone is 1. The number of H-pyrrole nitrogens is 1. The molecule has 2 rings (SSSR count). The van der Waals surface area contributed by atoms with Crippen LogP contribution in [0.15, 0.2) is 36.5 Å². The Morgan fingerprint density at radius 3 is 2.12 bits per heavy atom. The summed E-state index contributed by atoms with van der Waals surface area (Å²) in [5, 5.41) is 23.8. The maximum absolute atomic E-state index is 11.2. The van der Waals surface area contributed by atoms with Crippen molar-refractivity contribution in [2.24, 2.45) is 0 Å². The number of benzene rings is 1. The van der Waals surface area contributed by atoms with Crippen LogP contribution in [0.3, 0.4) is 0 Å². The minimum atomic E-state index is -1.12. The predicted molar refractivity (Wildman–Crippen MR) is 93.5 cm³/mol. The number of ether oxygens (including phenoxy) is 1. The Morgan fingerprint density at radius 1 is 1.15 bits per heavy atom. The number of aryl methyl sites for hydroxylation is 1. The molecule has 0 radical (unpaired) electrons. The van der Waals surface area contributed by atoms with Gasteiger partial charge in [0.05, 0.1) is 30.1 Å². The molecule has 2 aromatic rings. The van der Waals surface area contributed by atoms with Gasteiger partial charge in [-0.25, -0.2) is 14.4 Å². The molecular weight excluding hydrogens is 340 g/mol. The molecule has 0 bridgehead atoms. The Morgan fingerprint density at radius 2 is 1.69 bits per heavy atom. The number of esters is 1. The second-order valence-electron chi connectivity index (χ2n) is 5.59. The van der Waals surface area contributed by atoms with Gasteiger partial charge in [0.1, 0.15) is 5.56 Å². The maximum Gasteiger partial charge on any atom is 0.341 e. The Kier molecular flexibility index (Phi) is 7.27. The molecule has 1 aromatic carbocycles. The number of aromatic amines is 1. The second-order valence-corrected chi connectivity index (χ2v) is 5.59. The van der Waals surface area contributed by atoms with Gasteiger partial charge in [-0.3, -0.25) is 5.10 Å². The number of carbonyl (C=O) groups is 3. The first-order valence-corrected chi connectivity index (χ1v) is 7.49. The molecule has 0 fully saturated rings. The molecule has 0 aliphatic heterocycles. The Bertz CT molecular complexity index is 806. The van der Waals surface area contributed by atoms with Crippen molar-refractivity contribution in [3.63, 3.8) is 0 Å². The minimum absolute atomic E-state index is 0.00241. The molecule has 3 N–H and O–H groups in total. The number of aromatic carboxylic acids is 2. The van der Waals surface area contributed by atoms with Gasteiger partial charge in [0.2, 0.25) is 0 Å². The molecule has 1 aromatic heterocycles. The standard InChI is InChI=1S/C9H12N2O2.C9H8O4/c1-6(2)4-8-7(5-10-11-8)9(12)13-3;1-5-2-6(8(10)11)4-7(3-5)9(12)13/h5H,1,4H2,2-3H3,(H,10,11);2-4H,1H3,(H,10,11)(H,12,13). The lowest BCUT2D eigenvalue weighted by molar-refractivity contribution is 0.0598. The number of nitrogens with zero attached hydrogens (tertiary/aromatic N) is 1. The first kappa shape index (κ1) is 20.6. The number of carboxylic acid groups (broad SMARTS) is 2. The Hall–Kier alpha value is -3.42. The third-order valence-corrected chi connectivity index (χ3v) is 3.17. The quantitative estimate of drug-likeness (QED) is 0.552. The summed E-state index contributed by atoms with van der Waals surface area (Å²) in [5.41, 5.74) is 2.81. The van der Waals surface area contributed by atoms with Crippen LogP contribution >= 0.6 is 0 Å². The van der Waals surface area contributed by atoms with Crippen LogP contribution in [0, 0.1) is 6.92 Å². The summed E-state index contributed by atoms with van der Waals surface area (Å²) in [4.78, 5) is 32.2. The van der Waals surface area contributed by atoms with Crippen molar-refractivity contribution >= 4 is 17.9 Å². The molecule has 0 unspecified atom stereocenters. The molecule has 0 saturated carbocycles. The number of carbonyl (C=O) groups excluding carboxylic acids is 1. The zero-order valence-corrected chi connectivity index (χ0v) is 14.7. The van der Waals surface area contributed by atoms with Crippen LogP contribution in [0.25, 0.3) is 0 Å². The fourth-order valence-electron chi connectivity index (χ4n) is 2.07. The normalized spacial score (nSPS) is 9.65. The van der Waals surface area contributed by atoms with Crippen molar-refractivity contribution in [2.75, 3.05) is 7.11 Å². The highest BCUT2D eigenvalue weighted by Gasteiger charge is 2.13. The van der Waals surface area contributed by atoms with E-state index < -0.39 is 11.9 Å². The highest BCUT2D eigenvalue weighted by Crippen LogP contribution is 2.10. The van der Waals surface area contributed by atoms with E-state index in [-0.39, 0.29) is 17.1 Å². The average molecular weight is 360 g/mol. The third-order valence-electron chi connectivity index (χ3n) is 3.17. The molecule has 0 saturated heterocycles. The number of aromatic nitrogens is 2. The summed E-state index contributed by atoms with van der Waals surface area (Å²) < 4.78 is 4.59. The van der Waals surface area contributed by atoms with Crippen molar-refractivity contribution in [1.29, 1.82) is 0 Å². The van der Waals surface area contributed by atoms with Gasteiger partial charge in [-0.05, 0) is 37.6 Å². The van der Waals surface area contributed by atoms with Crippen LogP contribution in [0.5, 0.6) is 0 Å². The summed E-state index contributed by atoms with van der Waals surface area (Å²) in [7, 11) is 1.35. The van der Waals surface area contributed by atoms with E-state index in [1.54, 1.807) is 6.92 Å². The number of rotatable bonds is 5. The summed E-state index contributed by atoms with van der Waals surface area (Å²) in [6.45, 7) is 7.30. The van der Waals surface area contributed by atoms with E-state index in [0.29, 0.717) is 17.5 Å². The van der Waals surface area contributed by atoms with Gasteiger partial charge in [-0.2, -0.15) is 5.10 Å². The van der Waals surface area contributed by atoms with Crippen LogP contribution in [0.1, 0.15) is 49.3 Å². The topological polar surface area (TPSA) is 130 Å². The van der Waals surface area contributed by atoms with Gasteiger partial charge in [-0.1, -0.05) is 12.2 Å². The van der Waals surface area contributed by atoms with Gasteiger partial charge < -0.3 is 14.9 Å². The van der Waals surface area contributed by atoms with Gasteiger partial charge in [-0.15, -0.1) is 0 Å². The lowest BCUT2D eigenvalue weighted by Gasteiger charge is -1.99. The van der Waals surface area contributed by atoms with Crippen molar-refractivity contribution in [3.05, 3.63) is 64.5 Å². The SMILES string of the molecule is C=C(C)Cc1[nH]ncc1C(=O)OC.Cc1cc(C(=O)O)cc(C(=O)O)c1. The smallest absolute Gasteiger partial charge is 0.341 e. The van der Waals surface area contributed by atoms with E-state index in [9.17, 15) is 14.4 Å². The van der Waals surface area contributed by atoms with E-state index in [2.05, 4.69) is 21.5 Å². The molecule has 8 heteroatoms. The van der Waals surface area contributed by atoms with E-state index in [4.69, 9.17) is 10.2 Å². The van der Waals surface area contributed by atoms with E-state index in [1.165, 1.54) is 25.4 Å². The number of hydrogen-bond donors (Lipinski definition) is 3. The Labute approximate surface area is 150 Å². The predicted octanol–water partition coefficient (Wildman–Crippen LogP) is 2.71. The molecule has 8 nitrogen and oxygen atoms in total. The largest absolute Gasteiger partial charge is 0.478 e. The summed E-state index contributed by atoms with van der Waals surface area (Å²) in [6.07, 6.45) is 2.08. The molecule has 0 aliphatic rings. The highest BCUT2D eigenvalue weighted by atomic mass is 16.5. The first-order valence-electron chi connectivity index (χ1n) is 7.49. The van der Waals surface area contributed by atoms with Crippen LogP contribution in [-0.2, 0) is 11.2 Å². The van der Waals surface area contributed by atoms with Crippen molar-refractivity contribution in [2.45, 2.75) is 20.3 Å². The average Bonchev–Trinajstić information content (AvgIpc) is 3.01. The van der Waals surface area contributed by atoms with Crippen LogP contribution in [-0.4, -0.2) is 45.4 Å². The summed E-state index contributed by atoms with van der Waals surface area (Å²) >= 11 is 0. The van der Waals surface area contributed by atoms with Crippen molar-refractivity contribution in [3.8, 4) is 0 Å². The second kappa shape index (κ2) is 9.16. The van der Waals surface area contributed by atoms with E-state index in [0.717, 1.165) is 17.3 Å². The fraction of sp³-hybridized carbons (Fsp3) is 0.222. The maximum atomic E-state index is 11.2. The lowest BCUT2D eigenvalue weighted by atomic mass is 10.1. The molecule has 0 aliphatic carbocycles. The fourth-order valence-corrected chi connectivity index (χ4v) is 2.07. The Balaban J connectivity index is 0.000000260. The number of hydrogen-bond acceptors (Lipinski definition) is 5. The summed E-state index contributed by atoms with van der Waals surface area (Å²) in [5.74, 6) is -2.61. The third kappa shape index (κ3) is 5.90. The zero-order chi connectivity index (χ0) is 19.9. The van der Waals surface area contributed by atoms with Gasteiger partial charge in [0, 0.05) is 6.42 Å². The van der Waals surface area contributed by atoms with Crippen LogP contribution < -0.4 is 0 Å². The van der Waals surface area contributed by atoms with Gasteiger partial charge >= 0.3 is 17.9 Å². The highest BCUT2D eigenvalue weighted by molar-refractivity contribution is 5.94. The number of methoxy groups -OCH3 is 1. The zero-order valence-electron chi connectivity index (χ0n) is 14.7. The minimum Gasteiger partial charge on any atom is -0.478 e. The van der Waals surface area contributed by atoms with E-state index >= 15 is 0 Å². The molecule has 26 heavy (non-hydrogen) atoms. The molecular formula is C18H20N2O6. The number of carboxylic acids is 2. The lowest BCUT2D eigenvalue weighted by Crippen LogP contribution is -2.03. The van der Waals surface area contributed by atoms with Gasteiger partial charge in [0.25, 0.3) is 0 Å². The summed E-state index contributed by atoms with van der Waals surface area (Å²) in [6, 6.07) is 3.99.